The maximum absolute atomic E-state index is 13.5. The molecule has 108 valence electrons. The summed E-state index contributed by atoms with van der Waals surface area (Å²) in [5, 5.41) is 16.5. The fourth-order valence-electron chi connectivity index (χ4n) is 2.26. The molecule has 1 saturated heterocycles. The number of hydrogen-bond donors (Lipinski definition) is 2. The van der Waals surface area contributed by atoms with Crippen LogP contribution < -0.4 is 10.6 Å². The number of nitro groups is 1. The zero-order valence-electron chi connectivity index (χ0n) is 10.9. The SMILES string of the molecule is O=C(NCC[C@@H]1CCCN1)c1cc([N+](=O)[O-])ccc1F. The van der Waals surface area contributed by atoms with Crippen LogP contribution in [-0.4, -0.2) is 30.0 Å². The summed E-state index contributed by atoms with van der Waals surface area (Å²) in [6.45, 7) is 1.40. The third-order valence-corrected chi connectivity index (χ3v) is 3.35. The summed E-state index contributed by atoms with van der Waals surface area (Å²) in [5.74, 6) is -1.38. The number of halogens is 1. The van der Waals surface area contributed by atoms with Crippen LogP contribution in [0.5, 0.6) is 0 Å². The number of amides is 1. The fourth-order valence-corrected chi connectivity index (χ4v) is 2.26. The summed E-state index contributed by atoms with van der Waals surface area (Å²) in [7, 11) is 0. The molecule has 0 aliphatic carbocycles. The Balaban J connectivity index is 1.94. The van der Waals surface area contributed by atoms with Crippen molar-refractivity contribution in [3.63, 3.8) is 0 Å². The van der Waals surface area contributed by atoms with Crippen LogP contribution in [0.2, 0.25) is 0 Å². The lowest BCUT2D eigenvalue weighted by atomic mass is 10.1. The van der Waals surface area contributed by atoms with Crippen molar-refractivity contribution in [2.24, 2.45) is 0 Å². The van der Waals surface area contributed by atoms with E-state index in [0.717, 1.165) is 44.0 Å². The first-order valence-electron chi connectivity index (χ1n) is 6.53. The Labute approximate surface area is 115 Å². The molecule has 2 N–H and O–H groups in total. The Kier molecular flexibility index (Phi) is 4.62. The molecule has 0 radical (unpaired) electrons. The van der Waals surface area contributed by atoms with E-state index in [-0.39, 0.29) is 11.3 Å². The first kappa shape index (κ1) is 14.4. The van der Waals surface area contributed by atoms with E-state index in [1.54, 1.807) is 0 Å². The zero-order valence-corrected chi connectivity index (χ0v) is 10.9. The summed E-state index contributed by atoms with van der Waals surface area (Å²) in [4.78, 5) is 21.8. The summed E-state index contributed by atoms with van der Waals surface area (Å²) in [6, 6.07) is 3.31. The van der Waals surface area contributed by atoms with Crippen molar-refractivity contribution < 1.29 is 14.1 Å². The smallest absolute Gasteiger partial charge is 0.270 e. The molecule has 7 heteroatoms. The van der Waals surface area contributed by atoms with Crippen molar-refractivity contribution in [3.8, 4) is 0 Å². The maximum Gasteiger partial charge on any atom is 0.270 e. The number of hydrogen-bond acceptors (Lipinski definition) is 4. The van der Waals surface area contributed by atoms with Crippen LogP contribution in [0.4, 0.5) is 10.1 Å². The van der Waals surface area contributed by atoms with Gasteiger partial charge in [-0.2, -0.15) is 0 Å². The van der Waals surface area contributed by atoms with E-state index in [4.69, 9.17) is 0 Å². The largest absolute Gasteiger partial charge is 0.352 e. The van der Waals surface area contributed by atoms with Crippen molar-refractivity contribution in [1.29, 1.82) is 0 Å². The van der Waals surface area contributed by atoms with Gasteiger partial charge in [-0.3, -0.25) is 14.9 Å². The van der Waals surface area contributed by atoms with E-state index in [0.29, 0.717) is 12.6 Å². The van der Waals surface area contributed by atoms with E-state index < -0.39 is 16.6 Å². The standard InChI is InChI=1S/C13H16FN3O3/c14-12-4-3-10(17(19)20)8-11(12)13(18)16-7-5-9-2-1-6-15-9/h3-4,8-9,15H,1-2,5-7H2,(H,16,18)/t9-/m0/s1. The molecular weight excluding hydrogens is 265 g/mol. The Morgan fingerprint density at radius 3 is 3.00 bits per heavy atom. The maximum atomic E-state index is 13.5. The van der Waals surface area contributed by atoms with Crippen LogP contribution in [0.25, 0.3) is 0 Å². The van der Waals surface area contributed by atoms with E-state index >= 15 is 0 Å². The van der Waals surface area contributed by atoms with Gasteiger partial charge >= 0.3 is 0 Å². The number of nitrogens with zero attached hydrogens (tertiary/aromatic N) is 1. The van der Waals surface area contributed by atoms with E-state index in [9.17, 15) is 19.3 Å². The van der Waals surface area contributed by atoms with Crippen molar-refractivity contribution in [1.82, 2.24) is 10.6 Å². The van der Waals surface area contributed by atoms with Crippen LogP contribution in [0, 0.1) is 15.9 Å². The number of carbonyl (C=O) groups is 1. The molecule has 0 aromatic heterocycles. The van der Waals surface area contributed by atoms with Gasteiger partial charge in [0.05, 0.1) is 10.5 Å². The van der Waals surface area contributed by atoms with E-state index in [1.807, 2.05) is 0 Å². The van der Waals surface area contributed by atoms with Gasteiger partial charge in [0.15, 0.2) is 0 Å². The Hall–Kier alpha value is -2.02. The van der Waals surface area contributed by atoms with Crippen molar-refractivity contribution in [2.45, 2.75) is 25.3 Å². The molecule has 20 heavy (non-hydrogen) atoms. The Morgan fingerprint density at radius 2 is 2.35 bits per heavy atom. The third kappa shape index (κ3) is 3.51. The lowest BCUT2D eigenvalue weighted by Crippen LogP contribution is -2.31. The van der Waals surface area contributed by atoms with Gasteiger partial charge < -0.3 is 10.6 Å². The summed E-state index contributed by atoms with van der Waals surface area (Å²) < 4.78 is 13.5. The van der Waals surface area contributed by atoms with Gasteiger partial charge in [-0.15, -0.1) is 0 Å². The molecule has 1 heterocycles. The van der Waals surface area contributed by atoms with Crippen LogP contribution in [0.1, 0.15) is 29.6 Å². The monoisotopic (exact) mass is 281 g/mol. The average molecular weight is 281 g/mol. The van der Waals surface area contributed by atoms with Gasteiger partial charge in [0.1, 0.15) is 5.82 Å². The number of nitrogens with one attached hydrogen (secondary N) is 2. The highest BCUT2D eigenvalue weighted by molar-refractivity contribution is 5.95. The molecular formula is C13H16FN3O3. The molecule has 0 bridgehead atoms. The molecule has 1 fully saturated rings. The van der Waals surface area contributed by atoms with Crippen molar-refractivity contribution in [2.75, 3.05) is 13.1 Å². The normalized spacial score (nSPS) is 17.9. The molecule has 1 aliphatic rings. The van der Waals surface area contributed by atoms with Crippen LogP contribution in [-0.2, 0) is 0 Å². The minimum absolute atomic E-state index is 0.293. The fraction of sp³-hybridized carbons (Fsp3) is 0.462. The zero-order chi connectivity index (χ0) is 14.5. The van der Waals surface area contributed by atoms with Crippen LogP contribution in [0.3, 0.4) is 0 Å². The van der Waals surface area contributed by atoms with Crippen molar-refractivity contribution >= 4 is 11.6 Å². The van der Waals surface area contributed by atoms with E-state index in [1.165, 1.54) is 0 Å². The first-order valence-corrected chi connectivity index (χ1v) is 6.53. The summed E-state index contributed by atoms with van der Waals surface area (Å²) >= 11 is 0. The molecule has 1 aromatic rings. The molecule has 0 spiro atoms. The predicted molar refractivity (Wildman–Crippen MR) is 71.0 cm³/mol. The second-order valence-corrected chi connectivity index (χ2v) is 4.76. The number of rotatable bonds is 5. The highest BCUT2D eigenvalue weighted by atomic mass is 19.1. The molecule has 6 nitrogen and oxygen atoms in total. The molecule has 2 rings (SSSR count). The van der Waals surface area contributed by atoms with Crippen LogP contribution in [0.15, 0.2) is 18.2 Å². The minimum Gasteiger partial charge on any atom is -0.352 e. The molecule has 1 amide bonds. The predicted octanol–water partition coefficient (Wildman–Crippen LogP) is 1.61. The van der Waals surface area contributed by atoms with Gasteiger partial charge in [-0.1, -0.05) is 0 Å². The Bertz CT molecular complexity index is 516. The highest BCUT2D eigenvalue weighted by Crippen LogP contribution is 2.16. The lowest BCUT2D eigenvalue weighted by molar-refractivity contribution is -0.384. The molecule has 0 saturated carbocycles. The average Bonchev–Trinajstić information content (AvgIpc) is 2.92. The highest BCUT2D eigenvalue weighted by Gasteiger charge is 2.18. The Morgan fingerprint density at radius 1 is 1.55 bits per heavy atom. The number of nitro benzene ring substituents is 1. The van der Waals surface area contributed by atoms with E-state index in [2.05, 4.69) is 10.6 Å². The molecule has 1 aromatic carbocycles. The quantitative estimate of drug-likeness (QED) is 0.634. The first-order chi connectivity index (χ1) is 9.58. The number of carbonyl (C=O) groups excluding carboxylic acids is 1. The molecule has 1 atom stereocenters. The number of non-ortho nitro benzene ring substituents is 1. The topological polar surface area (TPSA) is 84.3 Å². The third-order valence-electron chi connectivity index (χ3n) is 3.35. The summed E-state index contributed by atoms with van der Waals surface area (Å²) in [6.07, 6.45) is 2.96. The number of benzene rings is 1. The second kappa shape index (κ2) is 6.42. The van der Waals surface area contributed by atoms with Gasteiger partial charge in [-0.05, 0) is 31.9 Å². The van der Waals surface area contributed by atoms with Gasteiger partial charge in [-0.25, -0.2) is 4.39 Å². The second-order valence-electron chi connectivity index (χ2n) is 4.76. The molecule has 0 unspecified atom stereocenters. The van der Waals surface area contributed by atoms with Crippen LogP contribution >= 0.6 is 0 Å². The summed E-state index contributed by atoms with van der Waals surface area (Å²) in [5.41, 5.74) is -0.590. The van der Waals surface area contributed by atoms with Gasteiger partial charge in [0.2, 0.25) is 0 Å². The molecule has 1 aliphatic heterocycles. The van der Waals surface area contributed by atoms with Crippen molar-refractivity contribution in [3.05, 3.63) is 39.7 Å². The van der Waals surface area contributed by atoms with Gasteiger partial charge in [0, 0.05) is 24.7 Å². The van der Waals surface area contributed by atoms with Gasteiger partial charge in [0.25, 0.3) is 11.6 Å². The minimum atomic E-state index is -0.757. The lowest BCUT2D eigenvalue weighted by Gasteiger charge is -2.11.